The van der Waals surface area contributed by atoms with Crippen LogP contribution in [0.15, 0.2) is 0 Å². The van der Waals surface area contributed by atoms with E-state index in [0.717, 1.165) is 0 Å². The second-order valence-corrected chi connectivity index (χ2v) is 114. The molecule has 5 heteroatoms. The van der Waals surface area contributed by atoms with E-state index in [9.17, 15) is 0 Å². The van der Waals surface area contributed by atoms with Crippen LogP contribution < -0.4 is 0 Å². The molecule has 0 fully saturated rings. The summed E-state index contributed by atoms with van der Waals surface area (Å²) in [6.07, 6.45) is 0. The average Bonchev–Trinajstić information content (AvgIpc) is 1.82. The zero-order valence-corrected chi connectivity index (χ0v) is 19.4. The number of hydrogen-bond acceptors (Lipinski definition) is 0. The molecule has 0 nitrogen and oxygen atoms in total. The Hall–Kier alpha value is 2.95. The Kier molecular flexibility index (Phi) is 8.13. The van der Waals surface area contributed by atoms with E-state index < -0.39 is 7.31 Å². The molecule has 0 bridgehead atoms. The summed E-state index contributed by atoms with van der Waals surface area (Å²) in [5, 5.41) is 0. The quantitative estimate of drug-likeness (QED) is 0.557. The minimum atomic E-state index is -1.08. The van der Waals surface area contributed by atoms with Crippen LogP contribution in [0, 0.1) is 0 Å². The van der Waals surface area contributed by atoms with E-state index in [0.29, 0.717) is 0 Å². The zero-order valence-electron chi connectivity index (χ0n) is 10.3. The van der Waals surface area contributed by atoms with Crippen LogP contribution in [-0.2, 0) is 7.31 Å². The van der Waals surface area contributed by atoms with Crippen LogP contribution in [0.4, 0.5) is 0 Å². The third-order valence-corrected chi connectivity index (χ3v) is 267. The van der Waals surface area contributed by atoms with Crippen LogP contribution in [-0.4, -0.2) is 47.2 Å². The first kappa shape index (κ1) is 15.9. The molecule has 0 N–H and O–H groups in total. The molecule has 0 aromatic rings. The van der Waals surface area contributed by atoms with E-state index in [1.54, 1.807) is 0 Å². The van der Waals surface area contributed by atoms with Gasteiger partial charge in [-0.3, -0.25) is 0 Å². The minimum absolute atomic E-state index is 0.281. The van der Waals surface area contributed by atoms with Gasteiger partial charge in [0, 0.05) is 0 Å². The van der Waals surface area contributed by atoms with E-state index in [-0.39, 0.29) is 47.2 Å². The molecule has 0 aliphatic carbocycles. The fourth-order valence-electron chi connectivity index (χ4n) is 2.40. The Morgan fingerprint density at radius 2 is 0.615 bits per heavy atom. The fraction of sp³-hybridized carbons (Fsp3) is 1.00. The van der Waals surface area contributed by atoms with Gasteiger partial charge in [-0.25, -0.2) is 0 Å². The van der Waals surface area contributed by atoms with Crippen molar-refractivity contribution < 1.29 is 7.31 Å². The molecule has 0 spiro atoms. The average molecular weight is 468 g/mol. The summed E-state index contributed by atoms with van der Waals surface area (Å²) in [5.74, 6) is 0. The predicted molar refractivity (Wildman–Crippen MR) is 69.9 cm³/mol. The van der Waals surface area contributed by atoms with Crippen LogP contribution in [0.25, 0.3) is 0 Å². The summed E-state index contributed by atoms with van der Waals surface area (Å²) in [6.45, 7) is 0. The van der Waals surface area contributed by atoms with Crippen molar-refractivity contribution in [1.29, 1.82) is 0 Å². The van der Waals surface area contributed by atoms with Crippen molar-refractivity contribution in [3.05, 3.63) is 0 Å². The Morgan fingerprint density at radius 1 is 0.462 bits per heavy atom. The maximum atomic E-state index is 2.71. The van der Waals surface area contributed by atoms with Crippen molar-refractivity contribution in [2.24, 2.45) is 0 Å². The van der Waals surface area contributed by atoms with E-state index in [2.05, 4.69) is 45.7 Å². The molecular weight excluding hydrogens is 444 g/mol. The Morgan fingerprint density at radius 3 is 0.615 bits per heavy atom. The molecule has 0 heterocycles. The first-order chi connectivity index (χ1) is 5.77. The van der Waals surface area contributed by atoms with E-state index in [1.165, 1.54) is 0 Å². The van der Waals surface area contributed by atoms with Crippen molar-refractivity contribution in [1.82, 2.24) is 0 Å². The topological polar surface area (TPSA) is 0 Å². The molecule has 0 aromatic heterocycles. The van der Waals surface area contributed by atoms with Gasteiger partial charge < -0.3 is 0 Å². The second kappa shape index (κ2) is 6.63. The van der Waals surface area contributed by atoms with Crippen molar-refractivity contribution in [3.63, 3.8) is 0 Å². The second-order valence-electron chi connectivity index (χ2n) is 4.18. The van der Waals surface area contributed by atoms with Crippen molar-refractivity contribution in [2.45, 2.75) is 45.7 Å². The van der Waals surface area contributed by atoms with E-state index in [4.69, 9.17) is 0 Å². The molecule has 0 radical (unpaired) electrons. The standard InChI is InChI=1S/4C2H6As.Ti/c4*1-3-2;/h4*1-2H3;/q4*-1;+4. The Balaban J connectivity index is 5.06. The SMILES string of the molecule is C[As](C)[Ti]([As](C)C)([As](C)C)[As](C)C. The number of hydrogen-bond donors (Lipinski definition) is 0. The molecule has 0 saturated heterocycles. The molecule has 0 amide bonds. The van der Waals surface area contributed by atoms with Gasteiger partial charge in [0.2, 0.25) is 0 Å². The third kappa shape index (κ3) is 3.45. The van der Waals surface area contributed by atoms with Gasteiger partial charge in [0.05, 0.1) is 0 Å². The summed E-state index contributed by atoms with van der Waals surface area (Å²) in [6, 6.07) is 0. The van der Waals surface area contributed by atoms with Crippen LogP contribution in [0.1, 0.15) is 0 Å². The molecule has 0 unspecified atom stereocenters. The fourth-order valence-corrected chi connectivity index (χ4v) is 267. The molecular formula is C8H24As4Ti. The van der Waals surface area contributed by atoms with Crippen LogP contribution in [0.2, 0.25) is 45.7 Å². The number of rotatable bonds is 4. The molecule has 0 aliphatic heterocycles. The monoisotopic (exact) mass is 468 g/mol. The maximum absolute atomic E-state index is 2.71. The van der Waals surface area contributed by atoms with E-state index >= 15 is 0 Å². The molecule has 13 heavy (non-hydrogen) atoms. The van der Waals surface area contributed by atoms with Gasteiger partial charge >= 0.3 is 100 Å². The zero-order chi connectivity index (χ0) is 10.8. The van der Waals surface area contributed by atoms with Gasteiger partial charge in [-0.05, 0) is 0 Å². The van der Waals surface area contributed by atoms with Crippen molar-refractivity contribution >= 4 is 47.2 Å². The van der Waals surface area contributed by atoms with Crippen LogP contribution in [0.3, 0.4) is 0 Å². The normalized spacial score (nSPS) is 13.8. The summed E-state index contributed by atoms with van der Waals surface area (Å²) >= 11 is -1.12. The Bertz CT molecular complexity index is 119. The summed E-state index contributed by atoms with van der Waals surface area (Å²) in [4.78, 5) is 0. The van der Waals surface area contributed by atoms with Gasteiger partial charge in [0.25, 0.3) is 0 Å². The first-order valence-corrected chi connectivity index (χ1v) is 37.8. The van der Waals surface area contributed by atoms with Crippen LogP contribution >= 0.6 is 0 Å². The summed E-state index contributed by atoms with van der Waals surface area (Å²) in [5.41, 5.74) is 21.7. The van der Waals surface area contributed by atoms with Gasteiger partial charge in [-0.15, -0.1) is 0 Å². The molecule has 0 rings (SSSR count). The van der Waals surface area contributed by atoms with Gasteiger partial charge in [-0.1, -0.05) is 0 Å². The molecule has 0 atom stereocenters. The summed E-state index contributed by atoms with van der Waals surface area (Å²) < 4.78 is 0. The van der Waals surface area contributed by atoms with Crippen molar-refractivity contribution in [3.8, 4) is 0 Å². The van der Waals surface area contributed by atoms with Gasteiger partial charge in [0.15, 0.2) is 0 Å². The molecule has 0 saturated carbocycles. The molecule has 80 valence electrons. The summed E-state index contributed by atoms with van der Waals surface area (Å²) in [7, 11) is -1.08. The molecule has 0 aliphatic rings. The van der Waals surface area contributed by atoms with Crippen molar-refractivity contribution in [2.75, 3.05) is 0 Å². The van der Waals surface area contributed by atoms with Gasteiger partial charge in [-0.2, -0.15) is 0 Å². The van der Waals surface area contributed by atoms with Gasteiger partial charge in [0.1, 0.15) is 0 Å². The third-order valence-electron chi connectivity index (χ3n) is 2.40. The predicted octanol–water partition coefficient (Wildman–Crippen LogP) is 3.14. The van der Waals surface area contributed by atoms with Crippen LogP contribution in [0.5, 0.6) is 0 Å². The van der Waals surface area contributed by atoms with E-state index in [1.807, 2.05) is 0 Å². The Labute approximate surface area is 98.3 Å². The first-order valence-electron chi connectivity index (χ1n) is 4.47. The molecule has 0 aromatic carbocycles.